The third-order valence-corrected chi connectivity index (χ3v) is 7.42. The standard InChI is InChI=1S/C25H35N3O2/c1-3-4-13-30-24-14-21-17(2)23(29)10-9-18(21)15-28(16-26)12-11-20-19-7-5-6-8-22(19)27-25(20)24/h5-8,17-18,21,23-24,27,29H,3-4,9-15H2,1-2H3/t17-,18+,21-,23+,24+/m1/s1. The Morgan fingerprint density at radius 3 is 2.93 bits per heavy atom. The number of H-pyrrole nitrogens is 1. The van der Waals surface area contributed by atoms with Crippen LogP contribution in [0.3, 0.4) is 0 Å². The maximum absolute atomic E-state index is 10.6. The number of benzene rings is 1. The molecule has 2 aliphatic rings. The number of fused-ring (bicyclic) bond motifs is 4. The topological polar surface area (TPSA) is 72.3 Å². The monoisotopic (exact) mass is 409 g/mol. The van der Waals surface area contributed by atoms with Crippen molar-refractivity contribution in [2.75, 3.05) is 19.7 Å². The number of unbranched alkanes of at least 4 members (excludes halogenated alkanes) is 1. The summed E-state index contributed by atoms with van der Waals surface area (Å²) in [5.41, 5.74) is 3.61. The van der Waals surface area contributed by atoms with E-state index in [0.29, 0.717) is 11.8 Å². The summed E-state index contributed by atoms with van der Waals surface area (Å²) in [5, 5.41) is 21.6. The maximum atomic E-state index is 10.6. The maximum Gasteiger partial charge on any atom is 0.179 e. The normalized spacial score (nSPS) is 29.8. The minimum absolute atomic E-state index is 0.00726. The highest BCUT2D eigenvalue weighted by Gasteiger charge is 2.39. The number of aromatic amines is 1. The van der Waals surface area contributed by atoms with Gasteiger partial charge in [0.2, 0.25) is 0 Å². The van der Waals surface area contributed by atoms with E-state index in [1.54, 1.807) is 0 Å². The molecule has 4 rings (SSSR count). The van der Waals surface area contributed by atoms with Gasteiger partial charge in [0.05, 0.1) is 12.2 Å². The van der Waals surface area contributed by atoms with E-state index < -0.39 is 0 Å². The molecule has 2 N–H and O–H groups in total. The molecule has 1 aliphatic heterocycles. The number of hydrogen-bond donors (Lipinski definition) is 2. The van der Waals surface area contributed by atoms with Gasteiger partial charge in [0.25, 0.3) is 0 Å². The quantitative estimate of drug-likeness (QED) is 0.563. The van der Waals surface area contributed by atoms with Crippen LogP contribution in [0.25, 0.3) is 10.9 Å². The van der Waals surface area contributed by atoms with E-state index in [1.807, 2.05) is 4.90 Å². The lowest BCUT2D eigenvalue weighted by Crippen LogP contribution is -2.42. The fraction of sp³-hybridized carbons (Fsp3) is 0.640. The van der Waals surface area contributed by atoms with Crippen LogP contribution in [-0.4, -0.2) is 40.8 Å². The van der Waals surface area contributed by atoms with E-state index in [2.05, 4.69) is 49.3 Å². The van der Waals surface area contributed by atoms with Crippen molar-refractivity contribution >= 4 is 10.9 Å². The van der Waals surface area contributed by atoms with Gasteiger partial charge in [-0.25, -0.2) is 0 Å². The summed E-state index contributed by atoms with van der Waals surface area (Å²) in [4.78, 5) is 5.61. The highest BCUT2D eigenvalue weighted by atomic mass is 16.5. The van der Waals surface area contributed by atoms with Gasteiger partial charge in [-0.2, -0.15) is 5.26 Å². The Hall–Kier alpha value is -2.03. The number of nitriles is 1. The molecule has 2 aromatic rings. The zero-order valence-corrected chi connectivity index (χ0v) is 18.3. The molecule has 1 aromatic heterocycles. The number of aromatic nitrogens is 1. The van der Waals surface area contributed by atoms with Gasteiger partial charge in [-0.3, -0.25) is 0 Å². The van der Waals surface area contributed by atoms with Crippen LogP contribution in [0.5, 0.6) is 0 Å². The summed E-state index contributed by atoms with van der Waals surface area (Å²) >= 11 is 0. The van der Waals surface area contributed by atoms with Crippen molar-refractivity contribution in [2.45, 2.75) is 64.6 Å². The van der Waals surface area contributed by atoms with E-state index in [0.717, 1.165) is 63.7 Å². The summed E-state index contributed by atoms with van der Waals surface area (Å²) in [5.74, 6) is 0.980. The first-order valence-electron chi connectivity index (χ1n) is 11.7. The van der Waals surface area contributed by atoms with Crippen molar-refractivity contribution in [3.8, 4) is 6.19 Å². The number of aliphatic hydroxyl groups is 1. The van der Waals surface area contributed by atoms with Crippen molar-refractivity contribution in [2.24, 2.45) is 17.8 Å². The van der Waals surface area contributed by atoms with Crippen LogP contribution < -0.4 is 0 Å². The summed E-state index contributed by atoms with van der Waals surface area (Å²) in [7, 11) is 0. The molecule has 5 atom stereocenters. The lowest BCUT2D eigenvalue weighted by molar-refractivity contribution is -0.0372. The van der Waals surface area contributed by atoms with Crippen molar-refractivity contribution in [1.82, 2.24) is 9.88 Å². The molecular formula is C25H35N3O2. The predicted octanol–water partition coefficient (Wildman–Crippen LogP) is 4.78. The first-order valence-corrected chi connectivity index (χ1v) is 11.7. The van der Waals surface area contributed by atoms with Gasteiger partial charge in [0.15, 0.2) is 6.19 Å². The summed E-state index contributed by atoms with van der Waals surface area (Å²) in [6.45, 7) is 6.65. The van der Waals surface area contributed by atoms with Crippen LogP contribution >= 0.6 is 0 Å². The van der Waals surface area contributed by atoms with Crippen LogP contribution in [-0.2, 0) is 11.2 Å². The van der Waals surface area contributed by atoms with Crippen LogP contribution in [0.15, 0.2) is 24.3 Å². The second-order valence-corrected chi connectivity index (χ2v) is 9.24. The molecular weight excluding hydrogens is 374 g/mol. The van der Waals surface area contributed by atoms with Gasteiger partial charge in [0, 0.05) is 36.3 Å². The third-order valence-electron chi connectivity index (χ3n) is 7.42. The largest absolute Gasteiger partial charge is 0.393 e. The molecule has 5 heteroatoms. The lowest BCUT2D eigenvalue weighted by atomic mass is 9.68. The number of aliphatic hydroxyl groups excluding tert-OH is 1. The molecule has 1 aromatic carbocycles. The van der Waals surface area contributed by atoms with Crippen LogP contribution in [0, 0.1) is 29.2 Å². The van der Waals surface area contributed by atoms with Gasteiger partial charge >= 0.3 is 0 Å². The van der Waals surface area contributed by atoms with Gasteiger partial charge in [-0.15, -0.1) is 0 Å². The number of nitrogens with zero attached hydrogens (tertiary/aromatic N) is 2. The van der Waals surface area contributed by atoms with Crippen LogP contribution in [0.1, 0.15) is 63.3 Å². The van der Waals surface area contributed by atoms with E-state index in [4.69, 9.17) is 4.74 Å². The average molecular weight is 410 g/mol. The SMILES string of the molecule is CCCCO[C@H]1C[C@H]2[C@@H](CC[C@H](O)[C@@H]2C)CN(C#N)CCc2c1[nH]c1ccccc21. The Kier molecular flexibility index (Phi) is 6.65. The number of para-hydroxylation sites is 1. The number of ether oxygens (including phenoxy) is 1. The van der Waals surface area contributed by atoms with Crippen LogP contribution in [0.2, 0.25) is 0 Å². The Labute approximate surface area is 180 Å². The van der Waals surface area contributed by atoms with Crippen molar-refractivity contribution < 1.29 is 9.84 Å². The van der Waals surface area contributed by atoms with Gasteiger partial charge in [0.1, 0.15) is 0 Å². The average Bonchev–Trinajstić information content (AvgIpc) is 3.13. The van der Waals surface area contributed by atoms with Crippen molar-refractivity contribution in [1.29, 1.82) is 5.26 Å². The Balaban J connectivity index is 1.76. The molecule has 162 valence electrons. The van der Waals surface area contributed by atoms with Gasteiger partial charge in [-0.1, -0.05) is 38.5 Å². The molecule has 1 saturated carbocycles. The fourth-order valence-corrected chi connectivity index (χ4v) is 5.57. The predicted molar refractivity (Wildman–Crippen MR) is 119 cm³/mol. The summed E-state index contributed by atoms with van der Waals surface area (Å²) in [6.07, 6.45) is 7.90. The molecule has 0 spiro atoms. The van der Waals surface area contributed by atoms with E-state index in [1.165, 1.54) is 16.6 Å². The Morgan fingerprint density at radius 1 is 1.30 bits per heavy atom. The molecule has 1 aliphatic carbocycles. The highest BCUT2D eigenvalue weighted by molar-refractivity contribution is 5.84. The molecule has 0 saturated heterocycles. The van der Waals surface area contributed by atoms with E-state index >= 15 is 0 Å². The zero-order chi connectivity index (χ0) is 21.1. The zero-order valence-electron chi connectivity index (χ0n) is 18.3. The second-order valence-electron chi connectivity index (χ2n) is 9.24. The lowest BCUT2D eigenvalue weighted by Gasteiger charge is -2.42. The molecule has 0 radical (unpaired) electrons. The third kappa shape index (κ3) is 4.22. The number of hydrogen-bond acceptors (Lipinski definition) is 4. The molecule has 1 fully saturated rings. The van der Waals surface area contributed by atoms with Gasteiger partial charge < -0.3 is 19.7 Å². The molecule has 2 heterocycles. The molecule has 5 nitrogen and oxygen atoms in total. The molecule has 0 amide bonds. The smallest absolute Gasteiger partial charge is 0.179 e. The molecule has 0 bridgehead atoms. The minimum atomic E-state index is -0.261. The summed E-state index contributed by atoms with van der Waals surface area (Å²) in [6, 6.07) is 8.45. The Morgan fingerprint density at radius 2 is 2.13 bits per heavy atom. The fourth-order valence-electron chi connectivity index (χ4n) is 5.57. The molecule has 0 unspecified atom stereocenters. The van der Waals surface area contributed by atoms with Gasteiger partial charge in [-0.05, 0) is 61.5 Å². The number of rotatable bonds is 4. The van der Waals surface area contributed by atoms with Crippen molar-refractivity contribution in [3.05, 3.63) is 35.5 Å². The molecule has 30 heavy (non-hydrogen) atoms. The highest BCUT2D eigenvalue weighted by Crippen LogP contribution is 2.43. The minimum Gasteiger partial charge on any atom is -0.393 e. The van der Waals surface area contributed by atoms with E-state index in [9.17, 15) is 10.4 Å². The first kappa shape index (κ1) is 21.2. The summed E-state index contributed by atoms with van der Waals surface area (Å²) < 4.78 is 6.51. The number of nitrogens with one attached hydrogen (secondary N) is 1. The van der Waals surface area contributed by atoms with E-state index in [-0.39, 0.29) is 18.1 Å². The Bertz CT molecular complexity index is 886. The second kappa shape index (κ2) is 9.41. The van der Waals surface area contributed by atoms with Crippen molar-refractivity contribution in [3.63, 3.8) is 0 Å². The van der Waals surface area contributed by atoms with Crippen LogP contribution in [0.4, 0.5) is 0 Å². The first-order chi connectivity index (χ1) is 14.6.